The lowest BCUT2D eigenvalue weighted by Crippen LogP contribution is -2.54. The number of hydrogen-bond acceptors (Lipinski definition) is 3. The van der Waals surface area contributed by atoms with Crippen molar-refractivity contribution >= 4 is 11.6 Å². The third-order valence-corrected chi connectivity index (χ3v) is 4.64. The van der Waals surface area contributed by atoms with Gasteiger partial charge in [-0.2, -0.15) is 0 Å². The summed E-state index contributed by atoms with van der Waals surface area (Å²) in [6.07, 6.45) is -0.348. The molecule has 0 aromatic heterocycles. The minimum absolute atomic E-state index is 0.00389. The van der Waals surface area contributed by atoms with E-state index in [-0.39, 0.29) is 18.2 Å². The molecule has 0 saturated carbocycles. The number of aliphatic hydroxyl groups excluding tert-OH is 1. The smallest absolute Gasteiger partial charge is 0.118 e. The van der Waals surface area contributed by atoms with Gasteiger partial charge in [-0.05, 0) is 42.3 Å². The Kier molecular flexibility index (Phi) is 4.39. The Morgan fingerprint density at radius 2 is 1.95 bits per heavy atom. The van der Waals surface area contributed by atoms with Crippen LogP contribution in [0.3, 0.4) is 0 Å². The average Bonchev–Trinajstić information content (AvgIpc) is 2.52. The van der Waals surface area contributed by atoms with Crippen molar-refractivity contribution < 1.29 is 9.84 Å². The SMILES string of the molecule is COc1ccc([C@H](C)N2C[C@@H](O)[C@H]2c2cccc(Cl)c2)cc1. The molecule has 0 aliphatic carbocycles. The number of likely N-dealkylation sites (tertiary alicyclic amines) is 1. The zero-order valence-electron chi connectivity index (χ0n) is 12.7. The van der Waals surface area contributed by atoms with Gasteiger partial charge in [-0.15, -0.1) is 0 Å². The van der Waals surface area contributed by atoms with Gasteiger partial charge in [-0.3, -0.25) is 4.90 Å². The van der Waals surface area contributed by atoms with Gasteiger partial charge in [0.25, 0.3) is 0 Å². The van der Waals surface area contributed by atoms with E-state index in [0.717, 1.165) is 11.3 Å². The summed E-state index contributed by atoms with van der Waals surface area (Å²) >= 11 is 6.08. The monoisotopic (exact) mass is 317 g/mol. The Morgan fingerprint density at radius 1 is 1.23 bits per heavy atom. The molecule has 0 amide bonds. The zero-order valence-corrected chi connectivity index (χ0v) is 13.5. The molecule has 3 rings (SSSR count). The number of benzene rings is 2. The molecule has 0 spiro atoms. The molecule has 3 atom stereocenters. The van der Waals surface area contributed by atoms with E-state index in [2.05, 4.69) is 24.0 Å². The van der Waals surface area contributed by atoms with Crippen molar-refractivity contribution in [2.45, 2.75) is 25.1 Å². The van der Waals surface area contributed by atoms with Crippen molar-refractivity contribution in [2.24, 2.45) is 0 Å². The van der Waals surface area contributed by atoms with Crippen LogP contribution < -0.4 is 4.74 Å². The van der Waals surface area contributed by atoms with Crippen LogP contribution in [0.4, 0.5) is 0 Å². The van der Waals surface area contributed by atoms with E-state index in [4.69, 9.17) is 16.3 Å². The summed E-state index contributed by atoms with van der Waals surface area (Å²) < 4.78 is 5.20. The van der Waals surface area contributed by atoms with Crippen LogP contribution in [-0.4, -0.2) is 29.8 Å². The summed E-state index contributed by atoms with van der Waals surface area (Å²) in [7, 11) is 1.67. The molecular weight excluding hydrogens is 298 g/mol. The third kappa shape index (κ3) is 2.84. The Hall–Kier alpha value is -1.55. The zero-order chi connectivity index (χ0) is 15.7. The molecule has 1 N–H and O–H groups in total. The average molecular weight is 318 g/mol. The number of β-amino-alcohol motifs (C(OH)–C–C–N with tert-alkyl or cyclic N) is 1. The summed E-state index contributed by atoms with van der Waals surface area (Å²) in [6.45, 7) is 2.83. The van der Waals surface area contributed by atoms with Gasteiger partial charge in [0.15, 0.2) is 0 Å². The van der Waals surface area contributed by atoms with Crippen molar-refractivity contribution in [3.05, 3.63) is 64.7 Å². The molecule has 1 saturated heterocycles. The van der Waals surface area contributed by atoms with Crippen LogP contribution in [0.2, 0.25) is 5.02 Å². The molecule has 3 nitrogen and oxygen atoms in total. The van der Waals surface area contributed by atoms with Crippen LogP contribution in [0.1, 0.15) is 30.1 Å². The van der Waals surface area contributed by atoms with E-state index in [1.807, 2.05) is 36.4 Å². The summed E-state index contributed by atoms with van der Waals surface area (Å²) in [5.41, 5.74) is 2.27. The van der Waals surface area contributed by atoms with Crippen molar-refractivity contribution in [2.75, 3.05) is 13.7 Å². The van der Waals surface area contributed by atoms with E-state index in [1.54, 1.807) is 7.11 Å². The second-order valence-electron chi connectivity index (χ2n) is 5.71. The standard InChI is InChI=1S/C18H20ClNO2/c1-12(13-6-8-16(22-2)9-7-13)20-11-17(21)18(20)14-4-3-5-15(19)10-14/h3-10,12,17-18,21H,11H2,1-2H3/t12-,17+,18+/m0/s1. The van der Waals surface area contributed by atoms with Crippen molar-refractivity contribution in [3.63, 3.8) is 0 Å². The molecule has 1 fully saturated rings. The predicted octanol–water partition coefficient (Wildman–Crippen LogP) is 3.83. The van der Waals surface area contributed by atoms with Gasteiger partial charge in [0.05, 0.1) is 19.3 Å². The molecule has 1 heterocycles. The molecule has 0 bridgehead atoms. The highest BCUT2D eigenvalue weighted by Gasteiger charge is 2.41. The van der Waals surface area contributed by atoms with E-state index < -0.39 is 0 Å². The second-order valence-corrected chi connectivity index (χ2v) is 6.15. The van der Waals surface area contributed by atoms with Crippen LogP contribution in [-0.2, 0) is 0 Å². The van der Waals surface area contributed by atoms with Gasteiger partial charge in [0.1, 0.15) is 5.75 Å². The highest BCUT2D eigenvalue weighted by Crippen LogP contribution is 2.41. The van der Waals surface area contributed by atoms with Crippen molar-refractivity contribution in [3.8, 4) is 5.75 Å². The van der Waals surface area contributed by atoms with Crippen LogP contribution in [0.25, 0.3) is 0 Å². The molecule has 22 heavy (non-hydrogen) atoms. The first-order valence-corrected chi connectivity index (χ1v) is 7.81. The Labute approximate surface area is 136 Å². The fraction of sp³-hybridized carbons (Fsp3) is 0.333. The first kappa shape index (κ1) is 15.3. The van der Waals surface area contributed by atoms with Gasteiger partial charge in [0.2, 0.25) is 0 Å². The van der Waals surface area contributed by atoms with Crippen LogP contribution >= 0.6 is 11.6 Å². The molecular formula is C18H20ClNO2. The summed E-state index contributed by atoms with van der Waals surface area (Å²) in [6, 6.07) is 16.0. The maximum absolute atomic E-state index is 10.2. The lowest BCUT2D eigenvalue weighted by Gasteiger charge is -2.49. The molecule has 0 unspecified atom stereocenters. The van der Waals surface area contributed by atoms with Gasteiger partial charge in [0, 0.05) is 17.6 Å². The molecule has 1 aliphatic heterocycles. The second kappa shape index (κ2) is 6.29. The fourth-order valence-corrected chi connectivity index (χ4v) is 3.29. The van der Waals surface area contributed by atoms with E-state index >= 15 is 0 Å². The molecule has 1 aliphatic rings. The number of nitrogens with zero attached hydrogens (tertiary/aromatic N) is 1. The van der Waals surface area contributed by atoms with E-state index in [9.17, 15) is 5.11 Å². The maximum Gasteiger partial charge on any atom is 0.118 e. The van der Waals surface area contributed by atoms with Crippen LogP contribution in [0.5, 0.6) is 5.75 Å². The van der Waals surface area contributed by atoms with Crippen molar-refractivity contribution in [1.29, 1.82) is 0 Å². The highest BCUT2D eigenvalue weighted by molar-refractivity contribution is 6.30. The van der Waals surface area contributed by atoms with Gasteiger partial charge in [-0.1, -0.05) is 35.9 Å². The first-order valence-electron chi connectivity index (χ1n) is 7.43. The molecule has 2 aromatic carbocycles. The Morgan fingerprint density at radius 3 is 2.55 bits per heavy atom. The van der Waals surface area contributed by atoms with Gasteiger partial charge < -0.3 is 9.84 Å². The lowest BCUT2D eigenvalue weighted by molar-refractivity contribution is -0.0853. The topological polar surface area (TPSA) is 32.7 Å². The summed E-state index contributed by atoms with van der Waals surface area (Å²) in [5.74, 6) is 0.853. The minimum atomic E-state index is -0.348. The minimum Gasteiger partial charge on any atom is -0.497 e. The quantitative estimate of drug-likeness (QED) is 0.930. The van der Waals surface area contributed by atoms with Crippen molar-refractivity contribution in [1.82, 2.24) is 4.90 Å². The summed E-state index contributed by atoms with van der Waals surface area (Å²) in [5, 5.41) is 10.9. The van der Waals surface area contributed by atoms with Gasteiger partial charge in [-0.25, -0.2) is 0 Å². The van der Waals surface area contributed by atoms with Crippen LogP contribution in [0, 0.1) is 0 Å². The van der Waals surface area contributed by atoms with E-state index in [0.29, 0.717) is 11.6 Å². The van der Waals surface area contributed by atoms with Crippen LogP contribution in [0.15, 0.2) is 48.5 Å². The number of ether oxygens (including phenoxy) is 1. The fourth-order valence-electron chi connectivity index (χ4n) is 3.09. The highest BCUT2D eigenvalue weighted by atomic mass is 35.5. The number of aliphatic hydroxyl groups is 1. The third-order valence-electron chi connectivity index (χ3n) is 4.41. The first-order chi connectivity index (χ1) is 10.6. The number of rotatable bonds is 4. The molecule has 2 aromatic rings. The summed E-state index contributed by atoms with van der Waals surface area (Å²) in [4.78, 5) is 2.29. The molecule has 116 valence electrons. The number of hydrogen-bond donors (Lipinski definition) is 1. The maximum atomic E-state index is 10.2. The normalized spacial score (nSPS) is 22.9. The van der Waals surface area contributed by atoms with E-state index in [1.165, 1.54) is 5.56 Å². The Balaban J connectivity index is 1.81. The molecule has 0 radical (unpaired) electrons. The number of halogens is 1. The number of methoxy groups -OCH3 is 1. The largest absolute Gasteiger partial charge is 0.497 e. The molecule has 4 heteroatoms. The van der Waals surface area contributed by atoms with Gasteiger partial charge >= 0.3 is 0 Å². The lowest BCUT2D eigenvalue weighted by atomic mass is 9.88. The Bertz CT molecular complexity index is 644. The predicted molar refractivity (Wildman–Crippen MR) is 88.3 cm³/mol.